The lowest BCUT2D eigenvalue weighted by Crippen LogP contribution is -2.62. The van der Waals surface area contributed by atoms with Gasteiger partial charge < -0.3 is 34.3 Å². The molecule has 2 fully saturated rings. The van der Waals surface area contributed by atoms with Gasteiger partial charge in [-0.15, -0.1) is 0 Å². The Morgan fingerprint density at radius 2 is 1.88 bits per heavy atom. The monoisotopic (exact) mass is 903 g/mol. The number of pyridine rings is 1. The molecule has 15 heteroatoms. The molecule has 2 aromatic heterocycles. The van der Waals surface area contributed by atoms with Crippen LogP contribution >= 0.6 is 0 Å². The molecule has 3 aliphatic rings. The summed E-state index contributed by atoms with van der Waals surface area (Å²) in [5.41, 5.74) is 10.3. The Bertz CT molecular complexity index is 2500. The summed E-state index contributed by atoms with van der Waals surface area (Å²) in [6, 6.07) is 14.5. The number of rotatable bonds is 11. The number of phenolic OH excluding ortho intramolecular Hbond substituents is 1. The van der Waals surface area contributed by atoms with Crippen molar-refractivity contribution in [3.63, 3.8) is 0 Å². The van der Waals surface area contributed by atoms with E-state index in [1.807, 2.05) is 38.1 Å². The second-order valence-electron chi connectivity index (χ2n) is 19.1. The minimum absolute atomic E-state index is 0.0285. The first-order valence-electron chi connectivity index (χ1n) is 23.2. The predicted octanol–water partition coefficient (Wildman–Crippen LogP) is 5.45. The highest BCUT2D eigenvalue weighted by Crippen LogP contribution is 2.40. The molecule has 3 N–H and O–H groups in total. The molecular weight excluding hydrogens is 839 g/mol. The number of ether oxygens (including phenoxy) is 2. The summed E-state index contributed by atoms with van der Waals surface area (Å²) in [6.07, 6.45) is 3.83. The number of carbonyl (C=O) groups excluding carboxylic acids is 5. The van der Waals surface area contributed by atoms with Crippen molar-refractivity contribution in [1.29, 1.82) is 0 Å². The van der Waals surface area contributed by atoms with Gasteiger partial charge in [0.1, 0.15) is 23.9 Å². The van der Waals surface area contributed by atoms with E-state index in [1.54, 1.807) is 31.2 Å². The second-order valence-corrected chi connectivity index (χ2v) is 19.1. The summed E-state index contributed by atoms with van der Waals surface area (Å²) < 4.78 is 13.9. The average Bonchev–Trinajstić information content (AvgIpc) is 3.91. The van der Waals surface area contributed by atoms with E-state index in [-0.39, 0.29) is 49.6 Å². The lowest BCUT2D eigenvalue weighted by atomic mass is 9.84. The third-order valence-corrected chi connectivity index (χ3v) is 13.2. The first kappa shape index (κ1) is 47.9. The van der Waals surface area contributed by atoms with Gasteiger partial charge in [-0.2, -0.15) is 0 Å². The van der Waals surface area contributed by atoms with Gasteiger partial charge in [0, 0.05) is 68.9 Å². The van der Waals surface area contributed by atoms with E-state index < -0.39 is 47.2 Å². The Balaban J connectivity index is 1.30. The van der Waals surface area contributed by atoms with Gasteiger partial charge in [0.15, 0.2) is 0 Å². The second kappa shape index (κ2) is 20.2. The molecule has 0 saturated carbocycles. The first-order valence-corrected chi connectivity index (χ1v) is 23.2. The van der Waals surface area contributed by atoms with Crippen LogP contribution in [0.4, 0.5) is 0 Å². The lowest BCUT2D eigenvalue weighted by Gasteiger charge is -2.37. The fourth-order valence-electron chi connectivity index (χ4n) is 9.91. The fraction of sp³-hybridized carbons (Fsp3) is 0.490. The summed E-state index contributed by atoms with van der Waals surface area (Å²) in [5, 5.41) is 15.7. The van der Waals surface area contributed by atoms with Crippen molar-refractivity contribution >= 4 is 40.6 Å². The smallest absolute Gasteiger partial charge is 0.324 e. The van der Waals surface area contributed by atoms with Crippen LogP contribution in [0.15, 0.2) is 67.3 Å². The van der Waals surface area contributed by atoms with Crippen LogP contribution in [-0.2, 0) is 59.3 Å². The van der Waals surface area contributed by atoms with Gasteiger partial charge in [0.2, 0.25) is 17.7 Å². The van der Waals surface area contributed by atoms with Crippen LogP contribution in [-0.4, -0.2) is 124 Å². The summed E-state index contributed by atoms with van der Waals surface area (Å²) in [6.45, 7) is 15.7. The topological polar surface area (TPSA) is 176 Å². The number of phenols is 1. The van der Waals surface area contributed by atoms with E-state index in [4.69, 9.17) is 14.5 Å². The van der Waals surface area contributed by atoms with Crippen molar-refractivity contribution in [3.8, 4) is 28.3 Å². The number of nitrogens with zero attached hydrogens (tertiary/aromatic N) is 5. The van der Waals surface area contributed by atoms with Gasteiger partial charge in [0.25, 0.3) is 5.91 Å². The highest BCUT2D eigenvalue weighted by atomic mass is 16.5. The van der Waals surface area contributed by atoms with Crippen molar-refractivity contribution in [1.82, 2.24) is 35.1 Å². The number of nitrogens with one attached hydrogen (secondary N) is 2. The number of hydrogen-bond acceptors (Lipinski definition) is 10. The number of amides is 4. The van der Waals surface area contributed by atoms with Crippen LogP contribution in [0.25, 0.3) is 33.5 Å². The van der Waals surface area contributed by atoms with Gasteiger partial charge in [-0.05, 0) is 92.5 Å². The van der Waals surface area contributed by atoms with Crippen molar-refractivity contribution in [3.05, 3.63) is 83.9 Å². The van der Waals surface area contributed by atoms with Crippen LogP contribution in [0.1, 0.15) is 70.6 Å². The lowest BCUT2D eigenvalue weighted by molar-refractivity contribution is -0.155. The van der Waals surface area contributed by atoms with Crippen LogP contribution in [0.3, 0.4) is 0 Å². The van der Waals surface area contributed by atoms with Gasteiger partial charge in [-0.1, -0.05) is 58.5 Å². The number of cyclic esters (lactones) is 1. The summed E-state index contributed by atoms with van der Waals surface area (Å²) in [7, 11) is 3.28. The van der Waals surface area contributed by atoms with E-state index >= 15 is 0 Å². The molecule has 352 valence electrons. The number of methoxy groups -OCH3 is 1. The molecule has 5 heterocycles. The number of hydrogen-bond donors (Lipinski definition) is 3. The number of fused-ring (bicyclic) bond motifs is 6. The molecule has 4 amide bonds. The standard InChI is InChI=1S/C51H65N7O8/c1-9-43(60)56-22-19-34(29-56)48(62)55(7)45(31(3)4)47(61)53-41-26-32-24-35(27-36(59)25-32)39-17-18-42-44(52-39)38(46(57(42)10-2)37-15-12-11-14-33(37)20-23-65-8)28-51(5,6)30-66-50(64)40-16-13-21-58(54-40)49(41)63/h9,11-12,14-15,17-18,24-25,27,31,34,40-41,45,54,59H,1,10,13,16,19-23,26,28-30H2,2-8H3,(H,53,61)/t34-,40-,41-,45-/m0/s1. The Morgan fingerprint density at radius 1 is 1.11 bits per heavy atom. The summed E-state index contributed by atoms with van der Waals surface area (Å²) in [5.74, 6) is -2.92. The fourth-order valence-corrected chi connectivity index (χ4v) is 9.91. The molecular formula is C51H65N7O8. The number of hydrazine groups is 1. The highest BCUT2D eigenvalue weighted by molar-refractivity contribution is 5.94. The maximum absolute atomic E-state index is 14.7. The molecule has 0 radical (unpaired) electrons. The molecule has 15 nitrogen and oxygen atoms in total. The van der Waals surface area contributed by atoms with Crippen LogP contribution < -0.4 is 10.7 Å². The number of likely N-dealkylation sites (N-methyl/N-ethyl adjacent to an activating group) is 1. The maximum Gasteiger partial charge on any atom is 0.324 e. The Kier molecular flexibility index (Phi) is 14.7. The highest BCUT2D eigenvalue weighted by Gasteiger charge is 2.40. The van der Waals surface area contributed by atoms with E-state index in [2.05, 4.69) is 60.9 Å². The molecule has 7 rings (SSSR count). The normalized spacial score (nSPS) is 20.5. The largest absolute Gasteiger partial charge is 0.508 e. The van der Waals surface area contributed by atoms with Crippen LogP contribution in [0.2, 0.25) is 0 Å². The Labute approximate surface area is 387 Å². The average molecular weight is 904 g/mol. The summed E-state index contributed by atoms with van der Waals surface area (Å²) >= 11 is 0. The van der Waals surface area contributed by atoms with Crippen molar-refractivity contribution in [2.45, 2.75) is 97.8 Å². The Hall–Kier alpha value is -6.06. The van der Waals surface area contributed by atoms with E-state index in [0.29, 0.717) is 68.6 Å². The van der Waals surface area contributed by atoms with E-state index in [9.17, 15) is 29.1 Å². The van der Waals surface area contributed by atoms with Gasteiger partial charge in [0.05, 0.1) is 41.6 Å². The zero-order valence-electron chi connectivity index (χ0n) is 39.4. The van der Waals surface area contributed by atoms with Crippen LogP contribution in [0, 0.1) is 17.3 Å². The molecule has 4 aromatic rings. The molecule has 3 aliphatic heterocycles. The minimum Gasteiger partial charge on any atom is -0.508 e. The maximum atomic E-state index is 14.7. The number of carbonyl (C=O) groups is 5. The summed E-state index contributed by atoms with van der Waals surface area (Å²) in [4.78, 5) is 77.7. The molecule has 2 aromatic carbocycles. The van der Waals surface area contributed by atoms with E-state index in [1.165, 1.54) is 16.0 Å². The quantitative estimate of drug-likeness (QED) is 0.130. The number of aromatic nitrogens is 2. The zero-order chi connectivity index (χ0) is 47.4. The third kappa shape index (κ3) is 10.2. The molecule has 0 unspecified atom stereocenters. The minimum atomic E-state index is -1.18. The van der Waals surface area contributed by atoms with Crippen molar-refractivity contribution in [2.75, 3.05) is 47.0 Å². The molecule has 2 saturated heterocycles. The predicted molar refractivity (Wildman–Crippen MR) is 252 cm³/mol. The molecule has 0 aliphatic carbocycles. The van der Waals surface area contributed by atoms with Gasteiger partial charge >= 0.3 is 5.97 Å². The molecule has 0 spiro atoms. The van der Waals surface area contributed by atoms with Crippen molar-refractivity contribution in [2.24, 2.45) is 17.3 Å². The first-order chi connectivity index (χ1) is 31.5. The number of likely N-dealkylation sites (tertiary alicyclic amines) is 1. The zero-order valence-corrected chi connectivity index (χ0v) is 39.4. The number of benzene rings is 2. The van der Waals surface area contributed by atoms with Crippen LogP contribution in [0.5, 0.6) is 5.75 Å². The number of aromatic hydroxyl groups is 1. The SMILES string of the molecule is C=CC(=O)N1CC[C@H](C(=O)N(C)[C@H](C(=O)N[C@H]2Cc3cc(O)cc(c3)-c3ccc4c(n3)c(c(-c3ccccc3CCOC)n4CC)CC(C)(C)COC(=O)[C@@H]3CCCN(N3)C2=O)C(C)C)C1. The molecule has 66 heavy (non-hydrogen) atoms. The van der Waals surface area contributed by atoms with E-state index in [0.717, 1.165) is 33.4 Å². The van der Waals surface area contributed by atoms with Crippen molar-refractivity contribution < 1.29 is 38.6 Å². The molecule has 4 atom stereocenters. The Morgan fingerprint density at radius 3 is 2.61 bits per heavy atom. The number of esters is 1. The third-order valence-electron chi connectivity index (χ3n) is 13.2. The van der Waals surface area contributed by atoms with Gasteiger partial charge in [-0.25, -0.2) is 10.4 Å². The molecule has 6 bridgehead atoms. The van der Waals surface area contributed by atoms with Gasteiger partial charge in [-0.3, -0.25) is 29.0 Å². The number of aryl methyl sites for hydroxylation is 1.